The number of amides is 1. The van der Waals surface area contributed by atoms with Crippen LogP contribution in [0.15, 0.2) is 29.3 Å². The molecule has 0 bridgehead atoms. The Morgan fingerprint density at radius 2 is 1.89 bits per heavy atom. The third-order valence-corrected chi connectivity index (χ3v) is 3.56. The molecule has 0 aliphatic carbocycles. The van der Waals surface area contributed by atoms with Gasteiger partial charge in [-0.1, -0.05) is 29.8 Å². The van der Waals surface area contributed by atoms with Crippen LogP contribution in [-0.2, 0) is 4.79 Å². The maximum atomic E-state index is 12.1. The van der Waals surface area contributed by atoms with Gasteiger partial charge >= 0.3 is 0 Å². The average Bonchev–Trinajstić information content (AvgIpc) is 2.71. The molecule has 2 rings (SSSR count). The zero-order valence-electron chi connectivity index (χ0n) is 11.3. The lowest BCUT2D eigenvalue weighted by Crippen LogP contribution is -2.28. The molecule has 19 heavy (non-hydrogen) atoms. The maximum absolute atomic E-state index is 12.1. The van der Waals surface area contributed by atoms with Gasteiger partial charge in [-0.25, -0.2) is 0 Å². The van der Waals surface area contributed by atoms with Crippen molar-refractivity contribution in [2.24, 2.45) is 22.4 Å². The Kier molecular flexibility index (Phi) is 3.85. The van der Waals surface area contributed by atoms with Gasteiger partial charge in [-0.05, 0) is 19.5 Å². The zero-order chi connectivity index (χ0) is 14.0. The highest BCUT2D eigenvalue weighted by molar-refractivity contribution is 5.93. The summed E-state index contributed by atoms with van der Waals surface area (Å²) < 4.78 is 0. The Balaban J connectivity index is 2.25. The molecule has 5 nitrogen and oxygen atoms in total. The summed E-state index contributed by atoms with van der Waals surface area (Å²) in [7, 11) is 2.00. The van der Waals surface area contributed by atoms with Crippen LogP contribution < -0.4 is 11.5 Å². The van der Waals surface area contributed by atoms with Gasteiger partial charge in [-0.3, -0.25) is 4.79 Å². The molecule has 0 radical (unpaired) electrons. The van der Waals surface area contributed by atoms with E-state index in [4.69, 9.17) is 11.5 Å². The molecule has 1 fully saturated rings. The van der Waals surface area contributed by atoms with Crippen molar-refractivity contribution in [3.05, 3.63) is 35.4 Å². The first-order valence-corrected chi connectivity index (χ1v) is 6.36. The fourth-order valence-corrected chi connectivity index (χ4v) is 2.61. The molecule has 2 atom stereocenters. The number of rotatable bonds is 2. The van der Waals surface area contributed by atoms with Gasteiger partial charge in [0.05, 0.1) is 5.92 Å². The van der Waals surface area contributed by atoms with Crippen molar-refractivity contribution in [1.82, 2.24) is 4.90 Å². The molecule has 1 heterocycles. The number of carbonyl (C=O) groups is 1. The first kappa shape index (κ1) is 13.5. The minimum atomic E-state index is -0.227. The summed E-state index contributed by atoms with van der Waals surface area (Å²) in [4.78, 5) is 17.9. The zero-order valence-corrected chi connectivity index (χ0v) is 11.3. The number of nitrogens with zero attached hydrogens (tertiary/aromatic N) is 2. The lowest BCUT2D eigenvalue weighted by atomic mass is 9.88. The van der Waals surface area contributed by atoms with Crippen molar-refractivity contribution in [2.45, 2.75) is 12.8 Å². The maximum Gasteiger partial charge on any atom is 0.253 e. The van der Waals surface area contributed by atoms with Crippen LogP contribution in [0.5, 0.6) is 0 Å². The van der Waals surface area contributed by atoms with Gasteiger partial charge in [-0.2, -0.15) is 4.99 Å². The van der Waals surface area contributed by atoms with E-state index in [2.05, 4.69) is 34.2 Å². The van der Waals surface area contributed by atoms with Crippen LogP contribution in [0.4, 0.5) is 0 Å². The highest BCUT2D eigenvalue weighted by atomic mass is 16.1. The number of likely N-dealkylation sites (N-methyl/N-ethyl adjacent to an activating group) is 1. The number of aryl methyl sites for hydroxylation is 1. The Morgan fingerprint density at radius 1 is 1.26 bits per heavy atom. The number of nitrogens with two attached hydrogens (primary N) is 2. The SMILES string of the molecule is Cc1ccc([C@@H]2CN(C)C[C@H]2C(=O)N=C(N)N)cc1. The van der Waals surface area contributed by atoms with E-state index in [9.17, 15) is 4.79 Å². The summed E-state index contributed by atoms with van der Waals surface area (Å²) in [6.45, 7) is 3.58. The van der Waals surface area contributed by atoms with Crippen molar-refractivity contribution < 1.29 is 4.79 Å². The predicted octanol–water partition coefficient (Wildman–Crippen LogP) is 0.440. The topological polar surface area (TPSA) is 84.7 Å². The van der Waals surface area contributed by atoms with E-state index >= 15 is 0 Å². The van der Waals surface area contributed by atoms with E-state index < -0.39 is 0 Å². The van der Waals surface area contributed by atoms with E-state index in [1.807, 2.05) is 14.0 Å². The number of guanidine groups is 1. The second-order valence-electron chi connectivity index (χ2n) is 5.22. The molecule has 1 amide bonds. The molecule has 0 aromatic heterocycles. The van der Waals surface area contributed by atoms with Crippen LogP contribution in [0, 0.1) is 12.8 Å². The highest BCUT2D eigenvalue weighted by Crippen LogP contribution is 2.32. The van der Waals surface area contributed by atoms with Gasteiger partial charge in [0.2, 0.25) is 0 Å². The Labute approximate surface area is 113 Å². The summed E-state index contributed by atoms with van der Waals surface area (Å²) in [6, 6.07) is 8.29. The Morgan fingerprint density at radius 3 is 2.47 bits per heavy atom. The van der Waals surface area contributed by atoms with Gasteiger partial charge in [0.1, 0.15) is 0 Å². The van der Waals surface area contributed by atoms with E-state index in [0.29, 0.717) is 6.54 Å². The Bertz CT molecular complexity index is 491. The quantitative estimate of drug-likeness (QED) is 0.597. The number of aliphatic imine (C=N–C) groups is 1. The molecule has 5 heteroatoms. The van der Waals surface area contributed by atoms with Gasteiger partial charge in [-0.15, -0.1) is 0 Å². The molecule has 1 aromatic carbocycles. The molecular weight excluding hydrogens is 240 g/mol. The average molecular weight is 260 g/mol. The van der Waals surface area contributed by atoms with Gasteiger partial charge < -0.3 is 16.4 Å². The van der Waals surface area contributed by atoms with Crippen LogP contribution in [0.2, 0.25) is 0 Å². The van der Waals surface area contributed by atoms with E-state index in [1.165, 1.54) is 11.1 Å². The summed E-state index contributed by atoms with van der Waals surface area (Å²) in [5.41, 5.74) is 13.0. The van der Waals surface area contributed by atoms with Gasteiger partial charge in [0.15, 0.2) is 5.96 Å². The molecule has 0 unspecified atom stereocenters. The largest absolute Gasteiger partial charge is 0.370 e. The van der Waals surface area contributed by atoms with Gasteiger partial charge in [0.25, 0.3) is 5.91 Å². The number of carbonyl (C=O) groups excluding carboxylic acids is 1. The van der Waals surface area contributed by atoms with Crippen molar-refractivity contribution in [1.29, 1.82) is 0 Å². The van der Waals surface area contributed by atoms with Crippen molar-refractivity contribution >= 4 is 11.9 Å². The summed E-state index contributed by atoms with van der Waals surface area (Å²) in [6.07, 6.45) is 0. The number of likely N-dealkylation sites (tertiary alicyclic amines) is 1. The van der Waals surface area contributed by atoms with Crippen molar-refractivity contribution in [3.8, 4) is 0 Å². The highest BCUT2D eigenvalue weighted by Gasteiger charge is 2.36. The van der Waals surface area contributed by atoms with Crippen LogP contribution >= 0.6 is 0 Å². The normalized spacial score (nSPS) is 23.3. The lowest BCUT2D eigenvalue weighted by Gasteiger charge is -2.16. The van der Waals surface area contributed by atoms with Gasteiger partial charge in [0, 0.05) is 19.0 Å². The van der Waals surface area contributed by atoms with Crippen molar-refractivity contribution in [2.75, 3.05) is 20.1 Å². The molecule has 1 aliphatic heterocycles. The van der Waals surface area contributed by atoms with E-state index in [1.54, 1.807) is 0 Å². The summed E-state index contributed by atoms with van der Waals surface area (Å²) in [5, 5.41) is 0. The molecule has 1 aliphatic rings. The lowest BCUT2D eigenvalue weighted by molar-refractivity contribution is -0.121. The molecule has 0 spiro atoms. The summed E-state index contributed by atoms with van der Waals surface area (Å²) >= 11 is 0. The monoisotopic (exact) mass is 260 g/mol. The van der Waals surface area contributed by atoms with Crippen LogP contribution in [0.1, 0.15) is 17.0 Å². The second-order valence-corrected chi connectivity index (χ2v) is 5.22. The predicted molar refractivity (Wildman–Crippen MR) is 75.7 cm³/mol. The Hall–Kier alpha value is -1.88. The third-order valence-electron chi connectivity index (χ3n) is 3.56. The van der Waals surface area contributed by atoms with Crippen molar-refractivity contribution in [3.63, 3.8) is 0 Å². The minimum absolute atomic E-state index is 0.154. The summed E-state index contributed by atoms with van der Waals surface area (Å²) in [5.74, 6) is -0.409. The second kappa shape index (κ2) is 5.40. The first-order valence-electron chi connectivity index (χ1n) is 6.36. The molecule has 4 N–H and O–H groups in total. The fourth-order valence-electron chi connectivity index (χ4n) is 2.61. The number of hydrogen-bond acceptors (Lipinski definition) is 2. The minimum Gasteiger partial charge on any atom is -0.370 e. The molecule has 1 saturated heterocycles. The first-order chi connectivity index (χ1) is 8.97. The smallest absolute Gasteiger partial charge is 0.253 e. The van der Waals surface area contributed by atoms with Crippen LogP contribution in [0.3, 0.4) is 0 Å². The molecule has 0 saturated carbocycles. The standard InChI is InChI=1S/C14H20N4O/c1-9-3-5-10(6-4-9)11-7-18(2)8-12(11)13(19)17-14(15)16/h3-6,11-12H,7-8H2,1-2H3,(H4,15,16,17,19)/t11-,12+/m0/s1. The number of benzene rings is 1. The molecular formula is C14H20N4O. The fraction of sp³-hybridized carbons (Fsp3) is 0.429. The van der Waals surface area contributed by atoms with Crippen LogP contribution in [-0.4, -0.2) is 36.9 Å². The van der Waals surface area contributed by atoms with E-state index in [-0.39, 0.29) is 23.7 Å². The third kappa shape index (κ3) is 3.12. The number of hydrogen-bond donors (Lipinski definition) is 2. The molecule has 102 valence electrons. The van der Waals surface area contributed by atoms with E-state index in [0.717, 1.165) is 6.54 Å². The van der Waals surface area contributed by atoms with Crippen LogP contribution in [0.25, 0.3) is 0 Å². The molecule has 1 aromatic rings.